The number of hydrogen-bond acceptors (Lipinski definition) is 1. The maximum absolute atomic E-state index is 14.4. The van der Waals surface area contributed by atoms with Gasteiger partial charge in [-0.15, -0.1) is 0 Å². The van der Waals surface area contributed by atoms with Crippen molar-refractivity contribution >= 4 is 6.08 Å². The SMILES string of the molecule is C/C=C/c1ccc(C#Cc2ccc(-c3ccc(C4CO4)cc3F)cc2)c(F)c1F. The molecule has 0 aromatic heterocycles. The molecule has 1 atom stereocenters. The van der Waals surface area contributed by atoms with Crippen LogP contribution in [0, 0.1) is 29.3 Å². The van der Waals surface area contributed by atoms with Gasteiger partial charge < -0.3 is 4.74 Å². The Morgan fingerprint density at radius 3 is 2.34 bits per heavy atom. The molecule has 0 spiro atoms. The fourth-order valence-corrected chi connectivity index (χ4v) is 3.05. The van der Waals surface area contributed by atoms with E-state index >= 15 is 0 Å². The van der Waals surface area contributed by atoms with E-state index in [1.165, 1.54) is 24.3 Å². The summed E-state index contributed by atoms with van der Waals surface area (Å²) in [4.78, 5) is 0. The van der Waals surface area contributed by atoms with Crippen LogP contribution in [0.15, 0.2) is 60.7 Å². The molecule has 4 heteroatoms. The van der Waals surface area contributed by atoms with Crippen molar-refractivity contribution in [3.63, 3.8) is 0 Å². The summed E-state index contributed by atoms with van der Waals surface area (Å²) >= 11 is 0. The fraction of sp³-hybridized carbons (Fsp3) is 0.120. The average Bonchev–Trinajstić information content (AvgIpc) is 3.57. The molecule has 144 valence electrons. The van der Waals surface area contributed by atoms with E-state index in [0.717, 1.165) is 5.56 Å². The van der Waals surface area contributed by atoms with E-state index in [9.17, 15) is 13.2 Å². The monoisotopic (exact) mass is 390 g/mol. The molecular weight excluding hydrogens is 373 g/mol. The standard InChI is InChI=1S/C25H17F3O/c1-2-3-18-10-11-19(25(28)24(18)27)9-6-16-4-7-17(8-5-16)21-13-12-20(14-22(21)26)23-15-29-23/h2-5,7-8,10-14,23H,15H2,1H3/b3-2+. The van der Waals surface area contributed by atoms with Crippen LogP contribution >= 0.6 is 0 Å². The molecule has 0 aliphatic carbocycles. The van der Waals surface area contributed by atoms with E-state index in [1.54, 1.807) is 43.3 Å². The molecular formula is C25H17F3O. The Balaban J connectivity index is 1.56. The maximum atomic E-state index is 14.4. The van der Waals surface area contributed by atoms with Crippen molar-refractivity contribution < 1.29 is 17.9 Å². The van der Waals surface area contributed by atoms with Gasteiger partial charge >= 0.3 is 0 Å². The molecule has 1 unspecified atom stereocenters. The van der Waals surface area contributed by atoms with Crippen molar-refractivity contribution in [2.75, 3.05) is 6.61 Å². The molecule has 0 N–H and O–H groups in total. The van der Waals surface area contributed by atoms with Crippen molar-refractivity contribution in [1.82, 2.24) is 0 Å². The minimum absolute atomic E-state index is 0.00786. The first-order chi connectivity index (χ1) is 14.1. The number of halogens is 3. The number of ether oxygens (including phenoxy) is 1. The Labute approximate surface area is 167 Å². The van der Waals surface area contributed by atoms with Gasteiger partial charge in [-0.3, -0.25) is 0 Å². The van der Waals surface area contributed by atoms with E-state index in [4.69, 9.17) is 4.74 Å². The smallest absolute Gasteiger partial charge is 0.175 e. The van der Waals surface area contributed by atoms with Gasteiger partial charge in [-0.1, -0.05) is 54.3 Å². The van der Waals surface area contributed by atoms with E-state index in [2.05, 4.69) is 11.8 Å². The van der Waals surface area contributed by atoms with Crippen molar-refractivity contribution in [3.8, 4) is 23.0 Å². The van der Waals surface area contributed by atoms with Gasteiger partial charge in [-0.25, -0.2) is 13.2 Å². The van der Waals surface area contributed by atoms with Crippen LogP contribution in [0.3, 0.4) is 0 Å². The number of hydrogen-bond donors (Lipinski definition) is 0. The van der Waals surface area contributed by atoms with Gasteiger partial charge in [0.1, 0.15) is 11.9 Å². The van der Waals surface area contributed by atoms with Gasteiger partial charge in [-0.05, 0) is 42.3 Å². The first-order valence-corrected chi connectivity index (χ1v) is 9.21. The molecule has 0 saturated carbocycles. The number of benzene rings is 3. The van der Waals surface area contributed by atoms with E-state index < -0.39 is 11.6 Å². The van der Waals surface area contributed by atoms with Crippen LogP contribution in [0.4, 0.5) is 13.2 Å². The fourth-order valence-electron chi connectivity index (χ4n) is 3.05. The summed E-state index contributed by atoms with van der Waals surface area (Å²) in [5, 5.41) is 0. The second kappa shape index (κ2) is 7.98. The first-order valence-electron chi connectivity index (χ1n) is 9.21. The topological polar surface area (TPSA) is 12.5 Å². The summed E-state index contributed by atoms with van der Waals surface area (Å²) in [5.41, 5.74) is 2.83. The Morgan fingerprint density at radius 1 is 0.931 bits per heavy atom. The van der Waals surface area contributed by atoms with Gasteiger partial charge in [0.25, 0.3) is 0 Å². The third kappa shape index (κ3) is 4.11. The molecule has 1 aliphatic heterocycles. The molecule has 29 heavy (non-hydrogen) atoms. The second-order valence-corrected chi connectivity index (χ2v) is 6.72. The lowest BCUT2D eigenvalue weighted by Crippen LogP contribution is -1.93. The second-order valence-electron chi connectivity index (χ2n) is 6.72. The van der Waals surface area contributed by atoms with Crippen LogP contribution in [-0.4, -0.2) is 6.61 Å². The van der Waals surface area contributed by atoms with Crippen LogP contribution in [-0.2, 0) is 4.74 Å². The average molecular weight is 390 g/mol. The number of epoxide rings is 1. The zero-order valence-electron chi connectivity index (χ0n) is 15.7. The third-order valence-corrected chi connectivity index (χ3v) is 4.69. The summed E-state index contributed by atoms with van der Waals surface area (Å²) in [6.45, 7) is 2.37. The van der Waals surface area contributed by atoms with Crippen LogP contribution in [0.5, 0.6) is 0 Å². The lowest BCUT2D eigenvalue weighted by Gasteiger charge is -2.05. The maximum Gasteiger partial charge on any atom is 0.175 e. The predicted octanol–water partition coefficient (Wildman–Crippen LogP) is 6.28. The van der Waals surface area contributed by atoms with Crippen molar-refractivity contribution in [3.05, 3.63) is 100 Å². The van der Waals surface area contributed by atoms with Gasteiger partial charge in [0.15, 0.2) is 11.6 Å². The molecule has 0 bridgehead atoms. The van der Waals surface area contributed by atoms with Crippen molar-refractivity contribution in [2.45, 2.75) is 13.0 Å². The van der Waals surface area contributed by atoms with Crippen molar-refractivity contribution in [1.29, 1.82) is 0 Å². The Morgan fingerprint density at radius 2 is 1.69 bits per heavy atom. The highest BCUT2D eigenvalue weighted by Gasteiger charge is 2.25. The Hall–Kier alpha value is -3.29. The zero-order chi connectivity index (χ0) is 20.4. The van der Waals surface area contributed by atoms with Crippen LogP contribution in [0.1, 0.15) is 35.3 Å². The largest absolute Gasteiger partial charge is 0.368 e. The summed E-state index contributed by atoms with van der Waals surface area (Å²) in [6.07, 6.45) is 3.15. The minimum atomic E-state index is -0.966. The lowest BCUT2D eigenvalue weighted by molar-refractivity contribution is 0.415. The highest BCUT2D eigenvalue weighted by molar-refractivity contribution is 5.66. The number of rotatable bonds is 3. The van der Waals surface area contributed by atoms with Crippen LogP contribution in [0.25, 0.3) is 17.2 Å². The van der Waals surface area contributed by atoms with Gasteiger partial charge in [-0.2, -0.15) is 0 Å². The van der Waals surface area contributed by atoms with Gasteiger partial charge in [0.05, 0.1) is 12.2 Å². The predicted molar refractivity (Wildman–Crippen MR) is 108 cm³/mol. The van der Waals surface area contributed by atoms with Gasteiger partial charge in [0.2, 0.25) is 0 Å². The minimum Gasteiger partial charge on any atom is -0.368 e. The molecule has 1 heterocycles. The normalized spacial score (nSPS) is 15.2. The highest BCUT2D eigenvalue weighted by atomic mass is 19.2. The van der Waals surface area contributed by atoms with Crippen LogP contribution in [0.2, 0.25) is 0 Å². The Kier molecular flexibility index (Phi) is 5.24. The highest BCUT2D eigenvalue weighted by Crippen LogP contribution is 2.33. The summed E-state index contributed by atoms with van der Waals surface area (Å²) < 4.78 is 47.7. The quantitative estimate of drug-likeness (QED) is 0.379. The molecule has 1 fully saturated rings. The summed E-state index contributed by atoms with van der Waals surface area (Å²) in [6, 6.07) is 15.0. The molecule has 1 saturated heterocycles. The molecule has 0 amide bonds. The molecule has 1 aliphatic rings. The summed E-state index contributed by atoms with van der Waals surface area (Å²) in [5.74, 6) is 3.29. The lowest BCUT2D eigenvalue weighted by atomic mass is 10.0. The van der Waals surface area contributed by atoms with Gasteiger partial charge in [0, 0.05) is 16.7 Å². The van der Waals surface area contributed by atoms with E-state index in [-0.39, 0.29) is 23.0 Å². The number of allylic oxidation sites excluding steroid dienone is 1. The molecule has 1 nitrogen and oxygen atoms in total. The molecule has 3 aromatic carbocycles. The van der Waals surface area contributed by atoms with E-state index in [1.807, 2.05) is 6.07 Å². The van der Waals surface area contributed by atoms with E-state index in [0.29, 0.717) is 23.3 Å². The summed E-state index contributed by atoms with van der Waals surface area (Å²) in [7, 11) is 0. The van der Waals surface area contributed by atoms with Crippen molar-refractivity contribution in [2.24, 2.45) is 0 Å². The molecule has 0 radical (unpaired) electrons. The molecule has 3 aromatic rings. The Bertz CT molecular complexity index is 1150. The molecule has 4 rings (SSSR count). The first kappa shape index (κ1) is 19.0. The zero-order valence-corrected chi connectivity index (χ0v) is 15.7. The third-order valence-electron chi connectivity index (χ3n) is 4.69. The van der Waals surface area contributed by atoms with Crippen LogP contribution < -0.4 is 0 Å².